The first-order valence-corrected chi connectivity index (χ1v) is 7.76. The largest absolute Gasteiger partial charge is 0.465 e. The number of ether oxygens (including phenoxy) is 2. The predicted molar refractivity (Wildman–Crippen MR) is 82.1 cm³/mol. The molecule has 2 aliphatic heterocycles. The maximum absolute atomic E-state index is 12.6. The molecule has 0 aliphatic carbocycles. The Bertz CT molecular complexity index is 638. The normalized spacial score (nSPS) is 22.7. The lowest BCUT2D eigenvalue weighted by molar-refractivity contribution is -0.138. The summed E-state index contributed by atoms with van der Waals surface area (Å²) in [5.74, 6) is -0.226. The van der Waals surface area contributed by atoms with Gasteiger partial charge in [-0.25, -0.2) is 4.79 Å². The third-order valence-corrected chi connectivity index (χ3v) is 3.82. The molecule has 3 heterocycles. The van der Waals surface area contributed by atoms with Crippen LogP contribution < -0.4 is 0 Å². The SMILES string of the molecule is CCOC(=O)C1=CN(CC2CCCO2)C(=O)/C1=C\c1ccco1. The minimum Gasteiger partial charge on any atom is -0.465 e. The predicted octanol–water partition coefficient (Wildman–Crippen LogP) is 2.13. The van der Waals surface area contributed by atoms with Crippen molar-refractivity contribution in [2.24, 2.45) is 0 Å². The van der Waals surface area contributed by atoms with E-state index >= 15 is 0 Å². The summed E-state index contributed by atoms with van der Waals surface area (Å²) in [5.41, 5.74) is 0.544. The number of amides is 1. The van der Waals surface area contributed by atoms with Gasteiger partial charge in [0.1, 0.15) is 5.76 Å². The van der Waals surface area contributed by atoms with Gasteiger partial charge < -0.3 is 18.8 Å². The van der Waals surface area contributed by atoms with Crippen molar-refractivity contribution >= 4 is 18.0 Å². The van der Waals surface area contributed by atoms with Crippen LogP contribution in [0.4, 0.5) is 0 Å². The molecular weight excluding hydrogens is 298 g/mol. The molecule has 23 heavy (non-hydrogen) atoms. The highest BCUT2D eigenvalue weighted by Crippen LogP contribution is 2.27. The van der Waals surface area contributed by atoms with Gasteiger partial charge in [-0.3, -0.25) is 4.79 Å². The Morgan fingerprint density at radius 3 is 3.04 bits per heavy atom. The third-order valence-electron chi connectivity index (χ3n) is 3.82. The minimum atomic E-state index is -0.506. The molecule has 1 aromatic rings. The molecule has 0 bridgehead atoms. The molecule has 0 radical (unpaired) electrons. The lowest BCUT2D eigenvalue weighted by atomic mass is 10.1. The average Bonchev–Trinajstić information content (AvgIpc) is 3.26. The number of esters is 1. The monoisotopic (exact) mass is 317 g/mol. The van der Waals surface area contributed by atoms with Crippen LogP contribution in [0.2, 0.25) is 0 Å². The van der Waals surface area contributed by atoms with Crippen LogP contribution in [0.5, 0.6) is 0 Å². The van der Waals surface area contributed by atoms with Crippen molar-refractivity contribution < 1.29 is 23.5 Å². The van der Waals surface area contributed by atoms with Crippen LogP contribution in [0.25, 0.3) is 6.08 Å². The molecule has 1 fully saturated rings. The van der Waals surface area contributed by atoms with Gasteiger partial charge in [-0.15, -0.1) is 0 Å². The summed E-state index contributed by atoms with van der Waals surface area (Å²) in [6.07, 6.45) is 6.57. The first-order chi connectivity index (χ1) is 11.2. The van der Waals surface area contributed by atoms with Gasteiger partial charge in [-0.2, -0.15) is 0 Å². The Morgan fingerprint density at radius 2 is 2.39 bits per heavy atom. The van der Waals surface area contributed by atoms with E-state index in [0.717, 1.165) is 19.4 Å². The van der Waals surface area contributed by atoms with E-state index in [4.69, 9.17) is 13.9 Å². The van der Waals surface area contributed by atoms with Gasteiger partial charge in [0.25, 0.3) is 5.91 Å². The molecule has 3 rings (SSSR count). The summed E-state index contributed by atoms with van der Waals surface area (Å²) in [5, 5.41) is 0. The Kier molecular flexibility index (Phi) is 4.62. The third kappa shape index (κ3) is 3.37. The van der Waals surface area contributed by atoms with Crippen molar-refractivity contribution in [1.29, 1.82) is 0 Å². The van der Waals surface area contributed by atoms with E-state index in [9.17, 15) is 9.59 Å². The maximum atomic E-state index is 12.6. The average molecular weight is 317 g/mol. The Hall–Kier alpha value is -2.34. The van der Waals surface area contributed by atoms with Gasteiger partial charge in [-0.1, -0.05) is 0 Å². The van der Waals surface area contributed by atoms with E-state index in [1.807, 2.05) is 0 Å². The zero-order chi connectivity index (χ0) is 16.2. The number of carbonyl (C=O) groups is 2. The molecule has 1 saturated heterocycles. The topological polar surface area (TPSA) is 69.0 Å². The zero-order valence-electron chi connectivity index (χ0n) is 13.0. The van der Waals surface area contributed by atoms with Gasteiger partial charge in [-0.05, 0) is 38.0 Å². The summed E-state index contributed by atoms with van der Waals surface area (Å²) in [6.45, 7) is 3.15. The summed E-state index contributed by atoms with van der Waals surface area (Å²) in [6, 6.07) is 3.45. The Labute approximate surface area is 134 Å². The van der Waals surface area contributed by atoms with E-state index in [0.29, 0.717) is 12.3 Å². The summed E-state index contributed by atoms with van der Waals surface area (Å²) in [7, 11) is 0. The van der Waals surface area contributed by atoms with Gasteiger partial charge in [0, 0.05) is 12.8 Å². The number of carbonyl (C=O) groups excluding carboxylic acids is 2. The summed E-state index contributed by atoms with van der Waals surface area (Å²) in [4.78, 5) is 26.3. The lowest BCUT2D eigenvalue weighted by Gasteiger charge is -2.17. The van der Waals surface area contributed by atoms with Crippen molar-refractivity contribution in [3.63, 3.8) is 0 Å². The molecule has 1 amide bonds. The molecule has 1 aromatic heterocycles. The van der Waals surface area contributed by atoms with E-state index in [-0.39, 0.29) is 29.8 Å². The molecule has 1 unspecified atom stereocenters. The van der Waals surface area contributed by atoms with Crippen molar-refractivity contribution in [3.05, 3.63) is 41.5 Å². The fraction of sp³-hybridized carbons (Fsp3) is 0.412. The first-order valence-electron chi connectivity index (χ1n) is 7.76. The molecule has 0 spiro atoms. The van der Waals surface area contributed by atoms with Crippen LogP contribution >= 0.6 is 0 Å². The summed E-state index contributed by atoms with van der Waals surface area (Å²) < 4.78 is 15.9. The van der Waals surface area contributed by atoms with E-state index in [2.05, 4.69) is 0 Å². The molecule has 0 saturated carbocycles. The quantitative estimate of drug-likeness (QED) is 0.615. The van der Waals surface area contributed by atoms with Gasteiger partial charge in [0.2, 0.25) is 0 Å². The number of hydrogen-bond acceptors (Lipinski definition) is 5. The first kappa shape index (κ1) is 15.6. The molecule has 1 atom stereocenters. The fourth-order valence-corrected chi connectivity index (χ4v) is 2.72. The number of furan rings is 1. The second kappa shape index (κ2) is 6.83. The highest BCUT2D eigenvalue weighted by Gasteiger charge is 2.34. The Balaban J connectivity index is 1.85. The van der Waals surface area contributed by atoms with Crippen LogP contribution in [-0.4, -0.2) is 42.6 Å². The second-order valence-electron chi connectivity index (χ2n) is 5.43. The molecule has 6 nitrogen and oxygen atoms in total. The van der Waals surface area contributed by atoms with Crippen molar-refractivity contribution in [3.8, 4) is 0 Å². The van der Waals surface area contributed by atoms with Crippen molar-refractivity contribution in [2.45, 2.75) is 25.9 Å². The maximum Gasteiger partial charge on any atom is 0.340 e. The van der Waals surface area contributed by atoms with Crippen LogP contribution in [0.15, 0.2) is 40.2 Å². The Morgan fingerprint density at radius 1 is 1.52 bits per heavy atom. The lowest BCUT2D eigenvalue weighted by Crippen LogP contribution is -2.30. The van der Waals surface area contributed by atoms with Crippen LogP contribution in [0.3, 0.4) is 0 Å². The van der Waals surface area contributed by atoms with E-state index in [1.165, 1.54) is 11.2 Å². The van der Waals surface area contributed by atoms with Gasteiger partial charge in [0.15, 0.2) is 0 Å². The molecular formula is C17H19NO5. The van der Waals surface area contributed by atoms with Crippen molar-refractivity contribution in [1.82, 2.24) is 4.90 Å². The fourth-order valence-electron chi connectivity index (χ4n) is 2.72. The van der Waals surface area contributed by atoms with Crippen molar-refractivity contribution in [2.75, 3.05) is 19.8 Å². The zero-order valence-corrected chi connectivity index (χ0v) is 13.0. The number of hydrogen-bond donors (Lipinski definition) is 0. The van der Waals surface area contributed by atoms with Crippen LogP contribution in [0.1, 0.15) is 25.5 Å². The minimum absolute atomic E-state index is 0.0154. The van der Waals surface area contributed by atoms with E-state index in [1.54, 1.807) is 31.3 Å². The molecule has 2 aliphatic rings. The smallest absolute Gasteiger partial charge is 0.340 e. The van der Waals surface area contributed by atoms with Crippen LogP contribution in [-0.2, 0) is 19.1 Å². The number of nitrogens with zero attached hydrogens (tertiary/aromatic N) is 1. The van der Waals surface area contributed by atoms with Gasteiger partial charge in [0.05, 0.1) is 36.7 Å². The molecule has 6 heteroatoms. The van der Waals surface area contributed by atoms with Gasteiger partial charge >= 0.3 is 5.97 Å². The second-order valence-corrected chi connectivity index (χ2v) is 5.43. The molecule has 0 N–H and O–H groups in total. The summed E-state index contributed by atoms with van der Waals surface area (Å²) >= 11 is 0. The molecule has 122 valence electrons. The highest BCUT2D eigenvalue weighted by molar-refractivity contribution is 6.15. The van der Waals surface area contributed by atoms with E-state index < -0.39 is 5.97 Å². The highest BCUT2D eigenvalue weighted by atomic mass is 16.5. The standard InChI is InChI=1S/C17H19NO5/c1-2-21-17(20)15-11-18(10-13-6-4-8-23-13)16(19)14(15)9-12-5-3-7-22-12/h3,5,7,9,11,13H,2,4,6,8,10H2,1H3/b14-9-. The van der Waals surface area contributed by atoms with Crippen LogP contribution in [0, 0.1) is 0 Å². The number of rotatable bonds is 5. The molecule has 0 aromatic carbocycles.